The summed E-state index contributed by atoms with van der Waals surface area (Å²) in [6.45, 7) is 3.52. The fraction of sp³-hybridized carbons (Fsp3) is 0.375. The maximum absolute atomic E-state index is 9.17. The lowest BCUT2D eigenvalue weighted by Crippen LogP contribution is -1.94. The van der Waals surface area contributed by atoms with E-state index in [1.54, 1.807) is 13.0 Å². The molecule has 0 saturated carbocycles. The summed E-state index contributed by atoms with van der Waals surface area (Å²) < 4.78 is 0. The Morgan fingerprint density at radius 3 is 2.64 bits per heavy atom. The lowest BCUT2D eigenvalue weighted by Gasteiger charge is -2.05. The van der Waals surface area contributed by atoms with E-state index >= 15 is 0 Å². The second-order valence-electron chi connectivity index (χ2n) is 2.51. The Kier molecular flexibility index (Phi) is 2.47. The summed E-state index contributed by atoms with van der Waals surface area (Å²) in [5.41, 5.74) is 1.54. The van der Waals surface area contributed by atoms with Gasteiger partial charge in [0.2, 0.25) is 0 Å². The Balaban J connectivity index is 3.09. The largest absolute Gasteiger partial charge is 0.389 e. The molecule has 1 heterocycles. The van der Waals surface area contributed by atoms with E-state index in [0.717, 1.165) is 5.69 Å². The van der Waals surface area contributed by atoms with Crippen LogP contribution in [0.1, 0.15) is 24.3 Å². The van der Waals surface area contributed by atoms with Crippen LogP contribution in [0.5, 0.6) is 0 Å². The molecule has 0 aliphatic heterocycles. The molecule has 1 rings (SSSR count). The van der Waals surface area contributed by atoms with Crippen molar-refractivity contribution in [1.82, 2.24) is 4.98 Å². The van der Waals surface area contributed by atoms with Gasteiger partial charge in [-0.2, -0.15) is 0 Å². The summed E-state index contributed by atoms with van der Waals surface area (Å²) >= 11 is 5.75. The zero-order valence-corrected chi connectivity index (χ0v) is 7.26. The highest BCUT2D eigenvalue weighted by Gasteiger charge is 2.06. The van der Waals surface area contributed by atoms with E-state index in [2.05, 4.69) is 4.98 Å². The molecule has 1 N–H and O–H groups in total. The molecule has 0 aliphatic rings. The third-order valence-corrected chi connectivity index (χ3v) is 1.77. The molecule has 3 heteroatoms. The summed E-state index contributed by atoms with van der Waals surface area (Å²) in [5, 5.41) is 9.56. The molecule has 11 heavy (non-hydrogen) atoms. The normalized spacial score (nSPS) is 13.1. The number of rotatable bonds is 1. The van der Waals surface area contributed by atoms with Crippen molar-refractivity contribution >= 4 is 11.6 Å². The number of pyridine rings is 1. The quantitative estimate of drug-likeness (QED) is 0.657. The molecule has 2 nitrogen and oxygen atoms in total. The summed E-state index contributed by atoms with van der Waals surface area (Å²) in [7, 11) is 0. The average molecular weight is 172 g/mol. The number of aromatic nitrogens is 1. The second kappa shape index (κ2) is 3.20. The molecule has 1 aromatic heterocycles. The van der Waals surface area contributed by atoms with Crippen LogP contribution in [-0.4, -0.2) is 10.1 Å². The van der Waals surface area contributed by atoms with Gasteiger partial charge in [0.1, 0.15) is 5.15 Å². The SMILES string of the molecule is Cc1ccc(C(C)O)c(Cl)n1. The van der Waals surface area contributed by atoms with Crippen LogP contribution < -0.4 is 0 Å². The van der Waals surface area contributed by atoms with Crippen molar-refractivity contribution in [2.75, 3.05) is 0 Å². The van der Waals surface area contributed by atoms with Gasteiger partial charge in [0.15, 0.2) is 0 Å². The molecular formula is C8H10ClNO. The smallest absolute Gasteiger partial charge is 0.135 e. The Hall–Kier alpha value is -0.600. The van der Waals surface area contributed by atoms with Gasteiger partial charge in [-0.05, 0) is 19.9 Å². The Morgan fingerprint density at radius 1 is 1.55 bits per heavy atom. The first-order valence-corrected chi connectivity index (χ1v) is 3.80. The molecule has 0 spiro atoms. The fourth-order valence-corrected chi connectivity index (χ4v) is 1.20. The molecule has 60 valence electrons. The minimum atomic E-state index is -0.546. The standard InChI is InChI=1S/C8H10ClNO/c1-5-3-4-7(6(2)11)8(9)10-5/h3-4,6,11H,1-2H3. The zero-order chi connectivity index (χ0) is 8.43. The Labute approximate surface area is 70.8 Å². The number of nitrogens with zero attached hydrogens (tertiary/aromatic N) is 1. The van der Waals surface area contributed by atoms with Crippen molar-refractivity contribution in [3.63, 3.8) is 0 Å². The van der Waals surface area contributed by atoms with Crippen molar-refractivity contribution in [1.29, 1.82) is 0 Å². The zero-order valence-electron chi connectivity index (χ0n) is 6.50. The first kappa shape index (κ1) is 8.50. The summed E-state index contributed by atoms with van der Waals surface area (Å²) in [5.74, 6) is 0. The fourth-order valence-electron chi connectivity index (χ4n) is 0.847. The minimum absolute atomic E-state index is 0.389. The van der Waals surface area contributed by atoms with Crippen molar-refractivity contribution in [3.05, 3.63) is 28.5 Å². The van der Waals surface area contributed by atoms with Gasteiger partial charge < -0.3 is 5.11 Å². The van der Waals surface area contributed by atoms with Crippen molar-refractivity contribution in [2.24, 2.45) is 0 Å². The van der Waals surface area contributed by atoms with Crippen molar-refractivity contribution < 1.29 is 5.11 Å². The van der Waals surface area contributed by atoms with E-state index in [-0.39, 0.29) is 0 Å². The molecule has 1 atom stereocenters. The predicted octanol–water partition coefficient (Wildman–Crippen LogP) is 2.10. The number of aliphatic hydroxyl groups is 1. The molecule has 0 radical (unpaired) electrons. The summed E-state index contributed by atoms with van der Waals surface area (Å²) in [6.07, 6.45) is -0.546. The van der Waals surface area contributed by atoms with Crippen LogP contribution in [0.4, 0.5) is 0 Å². The molecule has 0 aliphatic carbocycles. The van der Waals surface area contributed by atoms with Gasteiger partial charge >= 0.3 is 0 Å². The number of hydrogen-bond acceptors (Lipinski definition) is 2. The third-order valence-electron chi connectivity index (χ3n) is 1.47. The van der Waals surface area contributed by atoms with Crippen LogP contribution >= 0.6 is 11.6 Å². The molecule has 0 fully saturated rings. The topological polar surface area (TPSA) is 33.1 Å². The first-order valence-electron chi connectivity index (χ1n) is 3.42. The highest BCUT2D eigenvalue weighted by atomic mass is 35.5. The highest BCUT2D eigenvalue weighted by molar-refractivity contribution is 6.30. The summed E-state index contributed by atoms with van der Waals surface area (Å²) in [4.78, 5) is 4.00. The Bertz CT molecular complexity index is 260. The minimum Gasteiger partial charge on any atom is -0.389 e. The maximum Gasteiger partial charge on any atom is 0.135 e. The van der Waals surface area contributed by atoms with Gasteiger partial charge in [-0.1, -0.05) is 17.7 Å². The summed E-state index contributed by atoms with van der Waals surface area (Å²) in [6, 6.07) is 3.61. The number of aliphatic hydroxyl groups excluding tert-OH is 1. The number of halogens is 1. The van der Waals surface area contributed by atoms with Crippen LogP contribution in [0.15, 0.2) is 12.1 Å². The lowest BCUT2D eigenvalue weighted by molar-refractivity contribution is 0.199. The number of aryl methyl sites for hydroxylation is 1. The van der Waals surface area contributed by atoms with E-state index in [1.807, 2.05) is 13.0 Å². The van der Waals surface area contributed by atoms with E-state index in [1.165, 1.54) is 0 Å². The van der Waals surface area contributed by atoms with Gasteiger partial charge in [-0.25, -0.2) is 4.98 Å². The molecule has 0 saturated heterocycles. The maximum atomic E-state index is 9.17. The lowest BCUT2D eigenvalue weighted by atomic mass is 10.2. The van der Waals surface area contributed by atoms with Crippen molar-refractivity contribution in [2.45, 2.75) is 20.0 Å². The number of hydrogen-bond donors (Lipinski definition) is 1. The van der Waals surface area contributed by atoms with Crippen LogP contribution in [0.3, 0.4) is 0 Å². The van der Waals surface area contributed by atoms with Crippen LogP contribution in [0, 0.1) is 6.92 Å². The van der Waals surface area contributed by atoms with Gasteiger partial charge in [0, 0.05) is 11.3 Å². The molecule has 0 aromatic carbocycles. The monoisotopic (exact) mass is 171 g/mol. The third kappa shape index (κ3) is 1.91. The molecule has 1 unspecified atom stereocenters. The van der Waals surface area contributed by atoms with Gasteiger partial charge in [-0.3, -0.25) is 0 Å². The van der Waals surface area contributed by atoms with Gasteiger partial charge in [0.05, 0.1) is 6.10 Å². The van der Waals surface area contributed by atoms with E-state index in [4.69, 9.17) is 11.6 Å². The molecule has 0 amide bonds. The predicted molar refractivity (Wildman–Crippen MR) is 44.6 cm³/mol. The van der Waals surface area contributed by atoms with Crippen LogP contribution in [0.2, 0.25) is 5.15 Å². The Morgan fingerprint density at radius 2 is 2.18 bits per heavy atom. The van der Waals surface area contributed by atoms with Crippen LogP contribution in [-0.2, 0) is 0 Å². The van der Waals surface area contributed by atoms with Crippen LogP contribution in [0.25, 0.3) is 0 Å². The second-order valence-corrected chi connectivity index (χ2v) is 2.87. The van der Waals surface area contributed by atoms with E-state index in [0.29, 0.717) is 10.7 Å². The molecule has 1 aromatic rings. The highest BCUT2D eigenvalue weighted by Crippen LogP contribution is 2.20. The molecule has 0 bridgehead atoms. The van der Waals surface area contributed by atoms with E-state index < -0.39 is 6.10 Å². The van der Waals surface area contributed by atoms with Crippen molar-refractivity contribution in [3.8, 4) is 0 Å². The molecular weight excluding hydrogens is 162 g/mol. The first-order chi connectivity index (χ1) is 5.11. The van der Waals surface area contributed by atoms with Gasteiger partial charge in [-0.15, -0.1) is 0 Å². The average Bonchev–Trinajstić information content (AvgIpc) is 1.85. The van der Waals surface area contributed by atoms with Gasteiger partial charge in [0.25, 0.3) is 0 Å². The van der Waals surface area contributed by atoms with E-state index in [9.17, 15) is 5.11 Å².